The van der Waals surface area contributed by atoms with Crippen LogP contribution in [0.4, 0.5) is 18.8 Å². The minimum atomic E-state index is 0. The van der Waals surface area contributed by atoms with Gasteiger partial charge in [0.05, 0.1) is 0 Å². The van der Waals surface area contributed by atoms with Crippen LogP contribution in [0, 0.1) is 0 Å². The van der Waals surface area contributed by atoms with E-state index < -0.39 is 0 Å². The van der Waals surface area contributed by atoms with Crippen LogP contribution in [0.5, 0.6) is 0 Å². The molecular formula is C8H14F4. The molecule has 74 valence electrons. The Kier molecular flexibility index (Phi) is 86.1. The molecule has 0 aliphatic carbocycles. The molecule has 1 rings (SSSR count). The van der Waals surface area contributed by atoms with Crippen molar-refractivity contribution in [3.8, 4) is 0 Å². The summed E-state index contributed by atoms with van der Waals surface area (Å²) in [5.74, 6) is 0. The minimum Gasteiger partial charge on any atom is -0.269 e. The molecule has 0 N–H and O–H groups in total. The van der Waals surface area contributed by atoms with Gasteiger partial charge in [0.2, 0.25) is 0 Å². The van der Waals surface area contributed by atoms with E-state index in [9.17, 15) is 0 Å². The van der Waals surface area contributed by atoms with Crippen LogP contribution in [-0.4, -0.2) is 0 Å². The van der Waals surface area contributed by atoms with Crippen LogP contribution in [0.2, 0.25) is 0 Å². The highest BCUT2D eigenvalue weighted by atomic mass is 19.0. The Hall–Kier alpha value is -1.32. The number of halogens is 4. The third kappa shape index (κ3) is 23.4. The maximum absolute atomic E-state index is 3.00. The molecule has 0 aliphatic heterocycles. The van der Waals surface area contributed by atoms with Gasteiger partial charge in [0.1, 0.15) is 0 Å². The Morgan fingerprint density at radius 3 is 0.583 bits per heavy atom. The first-order chi connectivity index (χ1) is 4.00. The average Bonchev–Trinajstić information content (AvgIpc) is 1.96. The summed E-state index contributed by atoms with van der Waals surface area (Å²) in [6.07, 6.45) is 0. The van der Waals surface area contributed by atoms with Gasteiger partial charge in [-0.25, -0.2) is 0 Å². The fourth-order valence-electron chi connectivity index (χ4n) is 0.385. The summed E-state index contributed by atoms with van der Waals surface area (Å²) < 4.78 is 0. The van der Waals surface area contributed by atoms with E-state index in [4.69, 9.17) is 0 Å². The van der Waals surface area contributed by atoms with Gasteiger partial charge in [-0.05, 0) is 0 Å². The zero-order valence-electron chi connectivity index (χ0n) is 6.51. The van der Waals surface area contributed by atoms with Crippen LogP contribution in [0.3, 0.4) is 0 Å². The predicted molar refractivity (Wildman–Crippen MR) is 47.7 cm³/mol. The van der Waals surface area contributed by atoms with Crippen molar-refractivity contribution >= 4 is 0 Å². The van der Waals surface area contributed by atoms with Gasteiger partial charge >= 0.3 is 0 Å². The second-order valence-electron chi connectivity index (χ2n) is 1.15. The highest BCUT2D eigenvalue weighted by Crippen LogP contribution is 1.79. The molecule has 0 radical (unpaired) electrons. The first-order valence-corrected chi connectivity index (χ1v) is 2.50. The van der Waals surface area contributed by atoms with Crippen LogP contribution >= 0.6 is 0 Å². The standard InChI is InChI=1S/C6H6.C2H4.4FH/c1-2-4-6-5-3-1;1-2;;;;/h1-6H;1-2H2;4*1H. The topological polar surface area (TPSA) is 0 Å². The zero-order chi connectivity index (χ0) is 6.24. The van der Waals surface area contributed by atoms with E-state index in [1.54, 1.807) is 0 Å². The van der Waals surface area contributed by atoms with Gasteiger partial charge in [-0.3, -0.25) is 18.8 Å². The lowest BCUT2D eigenvalue weighted by atomic mass is 10.4. The summed E-state index contributed by atoms with van der Waals surface area (Å²) in [4.78, 5) is 0. The summed E-state index contributed by atoms with van der Waals surface area (Å²) >= 11 is 0. The predicted octanol–water partition coefficient (Wildman–Crippen LogP) is 3.10. The number of rotatable bonds is 0. The normalized spacial score (nSPS) is 4.33. The van der Waals surface area contributed by atoms with Gasteiger partial charge in [-0.1, -0.05) is 36.4 Å². The van der Waals surface area contributed by atoms with Crippen molar-refractivity contribution in [2.45, 2.75) is 0 Å². The Balaban J connectivity index is -0.0000000257. The van der Waals surface area contributed by atoms with Crippen LogP contribution in [-0.2, 0) is 0 Å². The highest BCUT2D eigenvalue weighted by molar-refractivity contribution is 4.99. The van der Waals surface area contributed by atoms with Gasteiger partial charge in [0, 0.05) is 0 Å². The fourth-order valence-corrected chi connectivity index (χ4v) is 0.385. The first kappa shape index (κ1) is 31.0. The summed E-state index contributed by atoms with van der Waals surface area (Å²) in [7, 11) is 0. The van der Waals surface area contributed by atoms with Crippen molar-refractivity contribution in [3.63, 3.8) is 0 Å². The van der Waals surface area contributed by atoms with Crippen molar-refractivity contribution in [2.75, 3.05) is 0 Å². The molecule has 4 heteroatoms. The third-order valence-electron chi connectivity index (χ3n) is 0.667. The van der Waals surface area contributed by atoms with E-state index >= 15 is 0 Å². The molecule has 0 fully saturated rings. The van der Waals surface area contributed by atoms with E-state index in [0.717, 1.165) is 0 Å². The Labute approximate surface area is 69.4 Å². The lowest BCUT2D eigenvalue weighted by Crippen LogP contribution is -1.47. The van der Waals surface area contributed by atoms with Crippen LogP contribution in [0.15, 0.2) is 49.6 Å². The lowest BCUT2D eigenvalue weighted by Gasteiger charge is -1.69. The third-order valence-corrected chi connectivity index (χ3v) is 0.667. The van der Waals surface area contributed by atoms with Crippen molar-refractivity contribution in [2.24, 2.45) is 0 Å². The van der Waals surface area contributed by atoms with E-state index in [0.29, 0.717) is 0 Å². The molecule has 0 aliphatic rings. The molecule has 0 saturated heterocycles. The second kappa shape index (κ2) is 33.3. The van der Waals surface area contributed by atoms with Gasteiger partial charge in [-0.15, -0.1) is 13.2 Å². The monoisotopic (exact) mass is 186 g/mol. The maximum Gasteiger partial charge on any atom is -0.0623 e. The van der Waals surface area contributed by atoms with Gasteiger partial charge in [0.25, 0.3) is 0 Å². The Morgan fingerprint density at radius 1 is 0.417 bits per heavy atom. The number of benzene rings is 1. The molecule has 0 spiro atoms. The molecule has 1 aromatic rings. The van der Waals surface area contributed by atoms with Crippen molar-refractivity contribution in [3.05, 3.63) is 49.6 Å². The maximum atomic E-state index is 3.00. The van der Waals surface area contributed by atoms with Gasteiger partial charge < -0.3 is 0 Å². The molecule has 0 bridgehead atoms. The summed E-state index contributed by atoms with van der Waals surface area (Å²) in [5, 5.41) is 0. The number of hydrogen-bond donors (Lipinski definition) is 0. The molecule has 0 nitrogen and oxygen atoms in total. The molecule has 0 amide bonds. The SMILES string of the molecule is C=C.F.F.F.F.c1ccccc1. The Morgan fingerprint density at radius 2 is 0.500 bits per heavy atom. The lowest BCUT2D eigenvalue weighted by molar-refractivity contribution is 1.11. The smallest absolute Gasteiger partial charge is 0.0623 e. The van der Waals surface area contributed by atoms with E-state index in [2.05, 4.69) is 13.2 Å². The van der Waals surface area contributed by atoms with Crippen LogP contribution in [0.25, 0.3) is 0 Å². The number of hydrogen-bond acceptors (Lipinski definition) is 0. The van der Waals surface area contributed by atoms with Crippen molar-refractivity contribution in [1.82, 2.24) is 0 Å². The molecule has 0 unspecified atom stereocenters. The van der Waals surface area contributed by atoms with E-state index in [1.165, 1.54) is 0 Å². The molecule has 0 atom stereocenters. The van der Waals surface area contributed by atoms with Crippen LogP contribution in [0.1, 0.15) is 0 Å². The van der Waals surface area contributed by atoms with Crippen molar-refractivity contribution in [1.29, 1.82) is 0 Å². The van der Waals surface area contributed by atoms with Gasteiger partial charge in [-0.2, -0.15) is 0 Å². The summed E-state index contributed by atoms with van der Waals surface area (Å²) in [6, 6.07) is 12.0. The van der Waals surface area contributed by atoms with Crippen molar-refractivity contribution < 1.29 is 18.8 Å². The highest BCUT2D eigenvalue weighted by Gasteiger charge is 1.57. The Bertz CT molecular complexity index is 93.9. The van der Waals surface area contributed by atoms with E-state index in [-0.39, 0.29) is 18.8 Å². The largest absolute Gasteiger partial charge is 0.269 e. The first-order valence-electron chi connectivity index (χ1n) is 2.50. The zero-order valence-corrected chi connectivity index (χ0v) is 6.51. The molecule has 12 heavy (non-hydrogen) atoms. The molecule has 0 heterocycles. The summed E-state index contributed by atoms with van der Waals surface area (Å²) in [5.41, 5.74) is 0. The average molecular weight is 186 g/mol. The second-order valence-corrected chi connectivity index (χ2v) is 1.15. The van der Waals surface area contributed by atoms with E-state index in [1.807, 2.05) is 36.4 Å². The molecule has 0 aromatic heterocycles. The van der Waals surface area contributed by atoms with Gasteiger partial charge in [0.15, 0.2) is 0 Å². The molecular weight excluding hydrogens is 172 g/mol. The molecule has 1 aromatic carbocycles. The quantitative estimate of drug-likeness (QED) is 0.431. The summed E-state index contributed by atoms with van der Waals surface area (Å²) in [6.45, 7) is 6.00. The fraction of sp³-hybridized carbons (Fsp3) is 0. The molecule has 0 saturated carbocycles. The minimum absolute atomic E-state index is 0. The van der Waals surface area contributed by atoms with Crippen LogP contribution < -0.4 is 0 Å².